The van der Waals surface area contributed by atoms with Gasteiger partial charge in [-0.15, -0.1) is 0 Å². The number of rotatable bonds is 4. The number of fused-ring (bicyclic) bond motifs is 17. The van der Waals surface area contributed by atoms with Crippen LogP contribution < -0.4 is 4.90 Å². The molecule has 0 heterocycles. The second kappa shape index (κ2) is 13.4. The van der Waals surface area contributed by atoms with E-state index in [2.05, 4.69) is 243 Å². The van der Waals surface area contributed by atoms with Crippen molar-refractivity contribution in [3.63, 3.8) is 0 Å². The van der Waals surface area contributed by atoms with Crippen LogP contribution in [0, 0.1) is 0 Å². The van der Waals surface area contributed by atoms with Crippen molar-refractivity contribution in [3.05, 3.63) is 258 Å². The monoisotopic (exact) mass is 801 g/mol. The van der Waals surface area contributed by atoms with Crippen LogP contribution in [0.25, 0.3) is 66.4 Å². The van der Waals surface area contributed by atoms with Crippen molar-refractivity contribution >= 4 is 27.8 Å². The third-order valence-electron chi connectivity index (χ3n) is 14.5. The Morgan fingerprint density at radius 2 is 0.794 bits per heavy atom. The fourth-order valence-corrected chi connectivity index (χ4v) is 11.7. The zero-order valence-corrected chi connectivity index (χ0v) is 35.3. The van der Waals surface area contributed by atoms with Crippen LogP contribution in [-0.4, -0.2) is 0 Å². The quantitative estimate of drug-likeness (QED) is 0.171. The molecule has 0 bridgehead atoms. The maximum absolute atomic E-state index is 2.49. The Morgan fingerprint density at radius 1 is 0.302 bits per heavy atom. The third kappa shape index (κ3) is 4.99. The molecule has 1 heteroatoms. The second-order valence-electron chi connectivity index (χ2n) is 18.0. The van der Waals surface area contributed by atoms with E-state index < -0.39 is 5.41 Å². The molecule has 0 aliphatic heterocycles. The molecule has 0 radical (unpaired) electrons. The van der Waals surface area contributed by atoms with E-state index in [1.54, 1.807) is 0 Å². The maximum atomic E-state index is 2.49. The van der Waals surface area contributed by atoms with Gasteiger partial charge < -0.3 is 4.90 Å². The summed E-state index contributed by atoms with van der Waals surface area (Å²) in [6, 6.07) is 84.3. The molecule has 1 unspecified atom stereocenters. The summed E-state index contributed by atoms with van der Waals surface area (Å²) in [4.78, 5) is 2.48. The molecule has 10 aromatic rings. The molecule has 1 nitrogen and oxygen atoms in total. The lowest BCUT2D eigenvalue weighted by atomic mass is 9.65. The molecule has 0 saturated heterocycles. The summed E-state index contributed by atoms with van der Waals surface area (Å²) >= 11 is 0. The van der Waals surface area contributed by atoms with Crippen molar-refractivity contribution < 1.29 is 0 Å². The predicted molar refractivity (Wildman–Crippen MR) is 263 cm³/mol. The molecule has 63 heavy (non-hydrogen) atoms. The third-order valence-corrected chi connectivity index (χ3v) is 14.5. The molecule has 0 saturated carbocycles. The van der Waals surface area contributed by atoms with E-state index in [1.165, 1.54) is 99.8 Å². The van der Waals surface area contributed by atoms with Gasteiger partial charge in [-0.05, 0) is 136 Å². The molecule has 1 spiro atoms. The number of anilines is 3. The van der Waals surface area contributed by atoms with Crippen molar-refractivity contribution in [2.75, 3.05) is 4.90 Å². The summed E-state index contributed by atoms with van der Waals surface area (Å²) in [6.45, 7) is 4.74. The van der Waals surface area contributed by atoms with Crippen molar-refractivity contribution in [1.29, 1.82) is 0 Å². The SMILES string of the molecule is CC1(C)c2ccccc2-c2ccc(N(c3ccc(-c4ccccc4)cc3)c3ccc4c(c3)-c3ccccc3-c3ccccc3C43c4ccccc4-c4c3ccc3ccccc43)cc21. The first-order valence-corrected chi connectivity index (χ1v) is 22.2. The first kappa shape index (κ1) is 36.0. The first-order chi connectivity index (χ1) is 31.0. The lowest BCUT2D eigenvalue weighted by molar-refractivity contribution is 0.660. The van der Waals surface area contributed by atoms with E-state index in [0.29, 0.717) is 0 Å². The number of benzene rings is 10. The van der Waals surface area contributed by atoms with Crippen LogP contribution in [0.4, 0.5) is 17.1 Å². The molecule has 3 aliphatic rings. The average molecular weight is 802 g/mol. The van der Waals surface area contributed by atoms with Gasteiger partial charge in [0.15, 0.2) is 0 Å². The Bertz CT molecular complexity index is 3480. The van der Waals surface area contributed by atoms with Crippen molar-refractivity contribution in [1.82, 2.24) is 0 Å². The van der Waals surface area contributed by atoms with Gasteiger partial charge in [0.1, 0.15) is 0 Å². The van der Waals surface area contributed by atoms with Crippen LogP contribution in [0.3, 0.4) is 0 Å². The van der Waals surface area contributed by atoms with Gasteiger partial charge in [0.2, 0.25) is 0 Å². The minimum absolute atomic E-state index is 0.136. The van der Waals surface area contributed by atoms with Gasteiger partial charge >= 0.3 is 0 Å². The van der Waals surface area contributed by atoms with E-state index in [1.807, 2.05) is 0 Å². The van der Waals surface area contributed by atoms with E-state index in [0.717, 1.165) is 17.1 Å². The van der Waals surface area contributed by atoms with Crippen LogP contribution in [0.2, 0.25) is 0 Å². The highest BCUT2D eigenvalue weighted by molar-refractivity contribution is 6.06. The molecule has 0 fully saturated rings. The predicted octanol–water partition coefficient (Wildman–Crippen LogP) is 16.3. The van der Waals surface area contributed by atoms with E-state index in [4.69, 9.17) is 0 Å². The highest BCUT2D eigenvalue weighted by Gasteiger charge is 2.50. The summed E-state index contributed by atoms with van der Waals surface area (Å²) in [7, 11) is 0. The summed E-state index contributed by atoms with van der Waals surface area (Å²) in [5.74, 6) is 0. The zero-order valence-electron chi connectivity index (χ0n) is 35.3. The molecule has 0 N–H and O–H groups in total. The van der Waals surface area contributed by atoms with Crippen LogP contribution in [-0.2, 0) is 10.8 Å². The summed E-state index contributed by atoms with van der Waals surface area (Å²) in [5.41, 5.74) is 23.4. The minimum atomic E-state index is -0.565. The van der Waals surface area contributed by atoms with E-state index in [-0.39, 0.29) is 5.41 Å². The molecule has 3 aliphatic carbocycles. The van der Waals surface area contributed by atoms with E-state index in [9.17, 15) is 0 Å². The van der Waals surface area contributed by atoms with Gasteiger partial charge in [-0.3, -0.25) is 0 Å². The van der Waals surface area contributed by atoms with Crippen LogP contribution in [0.1, 0.15) is 47.2 Å². The zero-order chi connectivity index (χ0) is 41.9. The Morgan fingerprint density at radius 3 is 1.56 bits per heavy atom. The van der Waals surface area contributed by atoms with Gasteiger partial charge in [0.25, 0.3) is 0 Å². The molecule has 296 valence electrons. The average Bonchev–Trinajstić information content (AvgIpc) is 3.73. The van der Waals surface area contributed by atoms with Crippen LogP contribution in [0.15, 0.2) is 224 Å². The maximum Gasteiger partial charge on any atom is 0.0725 e. The highest BCUT2D eigenvalue weighted by Crippen LogP contribution is 2.63. The molecule has 0 amide bonds. The summed E-state index contributed by atoms with van der Waals surface area (Å²) in [5, 5.41) is 2.56. The summed E-state index contributed by atoms with van der Waals surface area (Å²) in [6.07, 6.45) is 0. The van der Waals surface area contributed by atoms with Crippen molar-refractivity contribution in [2.45, 2.75) is 24.7 Å². The molecular formula is C62H43N. The fourth-order valence-electron chi connectivity index (χ4n) is 11.7. The standard InChI is InChI=1S/C62H43N/c1-61(2)54-25-13-10-23-50(54)51-35-33-45(39-59(51)61)63(43-31-28-41(29-32-43)40-16-4-3-5-17-40)44-34-37-57-53(38-44)48-21-9-8-20-47(48)49-22-11-14-26-55(49)62(57)56-27-15-12-24-52(56)60-46-19-7-6-18-42(46)30-36-58(60)62/h3-39H,1-2H3. The molecule has 1 atom stereocenters. The topological polar surface area (TPSA) is 3.24 Å². The Labute approximate surface area is 369 Å². The first-order valence-electron chi connectivity index (χ1n) is 22.2. The van der Waals surface area contributed by atoms with Crippen LogP contribution >= 0.6 is 0 Å². The van der Waals surface area contributed by atoms with Gasteiger partial charge in [0.05, 0.1) is 5.41 Å². The Kier molecular flexibility index (Phi) is 7.64. The van der Waals surface area contributed by atoms with Gasteiger partial charge in [-0.1, -0.05) is 202 Å². The molecular weight excluding hydrogens is 759 g/mol. The van der Waals surface area contributed by atoms with Crippen molar-refractivity contribution in [2.24, 2.45) is 0 Å². The summed E-state index contributed by atoms with van der Waals surface area (Å²) < 4.78 is 0. The van der Waals surface area contributed by atoms with Gasteiger partial charge in [0, 0.05) is 22.5 Å². The lowest BCUT2D eigenvalue weighted by Gasteiger charge is -2.36. The normalized spacial score (nSPS) is 15.7. The minimum Gasteiger partial charge on any atom is -0.310 e. The molecule has 10 aromatic carbocycles. The largest absolute Gasteiger partial charge is 0.310 e. The van der Waals surface area contributed by atoms with Gasteiger partial charge in [-0.2, -0.15) is 0 Å². The van der Waals surface area contributed by atoms with Crippen molar-refractivity contribution in [3.8, 4) is 55.6 Å². The number of hydrogen-bond acceptors (Lipinski definition) is 1. The molecule has 13 rings (SSSR count). The Balaban J connectivity index is 1.09. The highest BCUT2D eigenvalue weighted by atomic mass is 15.1. The second-order valence-corrected chi connectivity index (χ2v) is 18.0. The number of hydrogen-bond donors (Lipinski definition) is 0. The fraction of sp³-hybridized carbons (Fsp3) is 0.0645. The van der Waals surface area contributed by atoms with E-state index >= 15 is 0 Å². The lowest BCUT2D eigenvalue weighted by Crippen LogP contribution is -2.29. The smallest absolute Gasteiger partial charge is 0.0725 e. The van der Waals surface area contributed by atoms with Crippen LogP contribution in [0.5, 0.6) is 0 Å². The molecule has 0 aromatic heterocycles. The van der Waals surface area contributed by atoms with Gasteiger partial charge in [-0.25, -0.2) is 0 Å². The number of nitrogens with zero attached hydrogens (tertiary/aromatic N) is 1. The Hall–Kier alpha value is -7.74.